The summed E-state index contributed by atoms with van der Waals surface area (Å²) in [5.41, 5.74) is 2.37. The summed E-state index contributed by atoms with van der Waals surface area (Å²) in [6.45, 7) is 8.27. The Bertz CT molecular complexity index is 363. The predicted octanol–water partition coefficient (Wildman–Crippen LogP) is 1.86. The molecule has 0 radical (unpaired) electrons. The minimum atomic E-state index is 0.0137. The van der Waals surface area contributed by atoms with Crippen molar-refractivity contribution in [1.29, 1.82) is 0 Å². The zero-order valence-electron chi connectivity index (χ0n) is 10.9. The second-order valence-electron chi connectivity index (χ2n) is 4.42. The highest BCUT2D eigenvalue weighted by Crippen LogP contribution is 2.03. The number of hydrogen-bond donors (Lipinski definition) is 2. The molecule has 3 nitrogen and oxygen atoms in total. The lowest BCUT2D eigenvalue weighted by molar-refractivity contribution is -0.124. The number of benzene rings is 1. The average molecular weight is 234 g/mol. The van der Waals surface area contributed by atoms with Gasteiger partial charge in [0.1, 0.15) is 0 Å². The van der Waals surface area contributed by atoms with E-state index in [1.807, 2.05) is 26.0 Å². The van der Waals surface area contributed by atoms with Crippen molar-refractivity contribution in [3.63, 3.8) is 0 Å². The van der Waals surface area contributed by atoms with Crippen LogP contribution in [-0.4, -0.2) is 19.0 Å². The van der Waals surface area contributed by atoms with Gasteiger partial charge in [-0.1, -0.05) is 43.7 Å². The highest BCUT2D eigenvalue weighted by Gasteiger charge is 2.11. The van der Waals surface area contributed by atoms with Gasteiger partial charge < -0.3 is 10.6 Å². The van der Waals surface area contributed by atoms with E-state index in [-0.39, 0.29) is 11.8 Å². The van der Waals surface area contributed by atoms with E-state index in [0.717, 1.165) is 18.7 Å². The Morgan fingerprint density at radius 3 is 2.82 bits per heavy atom. The van der Waals surface area contributed by atoms with Gasteiger partial charge in [0.15, 0.2) is 0 Å². The van der Waals surface area contributed by atoms with Crippen LogP contribution < -0.4 is 10.6 Å². The molecule has 1 amide bonds. The maximum absolute atomic E-state index is 11.8. The van der Waals surface area contributed by atoms with Gasteiger partial charge >= 0.3 is 0 Å². The third-order valence-electron chi connectivity index (χ3n) is 2.70. The molecule has 3 heteroatoms. The minimum Gasteiger partial charge on any atom is -0.352 e. The van der Waals surface area contributed by atoms with Crippen LogP contribution in [0.3, 0.4) is 0 Å². The third-order valence-corrected chi connectivity index (χ3v) is 2.70. The molecule has 0 aliphatic carbocycles. The fourth-order valence-corrected chi connectivity index (χ4v) is 1.64. The van der Waals surface area contributed by atoms with Crippen LogP contribution in [0.25, 0.3) is 0 Å². The van der Waals surface area contributed by atoms with E-state index in [1.54, 1.807) is 0 Å². The van der Waals surface area contributed by atoms with Gasteiger partial charge in [0.2, 0.25) is 5.91 Å². The Labute approximate surface area is 104 Å². The van der Waals surface area contributed by atoms with Gasteiger partial charge in [-0.2, -0.15) is 0 Å². The van der Waals surface area contributed by atoms with E-state index >= 15 is 0 Å². The summed E-state index contributed by atoms with van der Waals surface area (Å²) in [6.07, 6.45) is 0. The Morgan fingerprint density at radius 1 is 1.41 bits per heavy atom. The van der Waals surface area contributed by atoms with Crippen molar-refractivity contribution >= 4 is 5.91 Å². The Hall–Kier alpha value is -1.35. The number of amides is 1. The van der Waals surface area contributed by atoms with E-state index in [1.165, 1.54) is 5.56 Å². The number of hydrogen-bond acceptors (Lipinski definition) is 2. The van der Waals surface area contributed by atoms with Gasteiger partial charge in [0, 0.05) is 19.0 Å². The molecule has 94 valence electrons. The van der Waals surface area contributed by atoms with Crippen LogP contribution >= 0.6 is 0 Å². The number of carbonyl (C=O) groups is 1. The van der Waals surface area contributed by atoms with Crippen LogP contribution in [0.2, 0.25) is 0 Å². The molecule has 0 saturated heterocycles. The number of rotatable bonds is 6. The molecule has 0 spiro atoms. The quantitative estimate of drug-likeness (QED) is 0.789. The maximum atomic E-state index is 11.8. The highest BCUT2D eigenvalue weighted by atomic mass is 16.1. The lowest BCUT2D eigenvalue weighted by Crippen LogP contribution is -2.34. The molecule has 2 N–H and O–H groups in total. The number of carbonyl (C=O) groups excluding carboxylic acids is 1. The van der Waals surface area contributed by atoms with Gasteiger partial charge in [-0.3, -0.25) is 4.79 Å². The minimum absolute atomic E-state index is 0.0137. The molecule has 1 rings (SSSR count). The van der Waals surface area contributed by atoms with E-state index in [4.69, 9.17) is 0 Å². The molecule has 1 atom stereocenters. The molecule has 0 aliphatic heterocycles. The van der Waals surface area contributed by atoms with Gasteiger partial charge in [-0.15, -0.1) is 0 Å². The molecule has 1 unspecified atom stereocenters. The molecular formula is C14H22N2O. The molecule has 0 heterocycles. The summed E-state index contributed by atoms with van der Waals surface area (Å²) < 4.78 is 0. The fraction of sp³-hybridized carbons (Fsp3) is 0.500. The van der Waals surface area contributed by atoms with Gasteiger partial charge in [-0.05, 0) is 19.0 Å². The first kappa shape index (κ1) is 13.7. The summed E-state index contributed by atoms with van der Waals surface area (Å²) in [5.74, 6) is 0.118. The van der Waals surface area contributed by atoms with Gasteiger partial charge in [0.05, 0.1) is 0 Å². The first-order chi connectivity index (χ1) is 8.13. The molecule has 0 fully saturated rings. The first-order valence-corrected chi connectivity index (χ1v) is 6.17. The smallest absolute Gasteiger partial charge is 0.224 e. The van der Waals surface area contributed by atoms with Crippen molar-refractivity contribution in [2.75, 3.05) is 13.1 Å². The highest BCUT2D eigenvalue weighted by molar-refractivity contribution is 5.78. The van der Waals surface area contributed by atoms with Crippen molar-refractivity contribution in [3.8, 4) is 0 Å². The van der Waals surface area contributed by atoms with E-state index in [2.05, 4.69) is 29.7 Å². The normalized spacial score (nSPS) is 12.2. The summed E-state index contributed by atoms with van der Waals surface area (Å²) in [7, 11) is 0. The van der Waals surface area contributed by atoms with Crippen LogP contribution in [0.4, 0.5) is 0 Å². The number of aryl methyl sites for hydroxylation is 1. The van der Waals surface area contributed by atoms with E-state index < -0.39 is 0 Å². The second-order valence-corrected chi connectivity index (χ2v) is 4.42. The number of nitrogens with one attached hydrogen (secondary N) is 2. The molecule has 0 aromatic heterocycles. The van der Waals surface area contributed by atoms with E-state index in [9.17, 15) is 4.79 Å². The van der Waals surface area contributed by atoms with Crippen LogP contribution in [0.5, 0.6) is 0 Å². The molecule has 0 bridgehead atoms. The summed E-state index contributed by atoms with van der Waals surface area (Å²) in [5, 5.41) is 6.13. The molecule has 1 aromatic rings. The van der Waals surface area contributed by atoms with Crippen LogP contribution in [0.1, 0.15) is 25.0 Å². The van der Waals surface area contributed by atoms with Crippen LogP contribution in [0.15, 0.2) is 24.3 Å². The zero-order valence-corrected chi connectivity index (χ0v) is 10.9. The van der Waals surface area contributed by atoms with Crippen LogP contribution in [-0.2, 0) is 11.3 Å². The SMILES string of the molecule is CCNCC(C)C(=O)NCc1cccc(C)c1. The van der Waals surface area contributed by atoms with Gasteiger partial charge in [-0.25, -0.2) is 0 Å². The third kappa shape index (κ3) is 5.00. The lowest BCUT2D eigenvalue weighted by atomic mass is 10.1. The zero-order chi connectivity index (χ0) is 12.7. The van der Waals surface area contributed by atoms with E-state index in [0.29, 0.717) is 6.54 Å². The first-order valence-electron chi connectivity index (χ1n) is 6.17. The average Bonchev–Trinajstić information content (AvgIpc) is 2.33. The predicted molar refractivity (Wildman–Crippen MR) is 70.7 cm³/mol. The fourth-order valence-electron chi connectivity index (χ4n) is 1.64. The Balaban J connectivity index is 2.37. The summed E-state index contributed by atoms with van der Waals surface area (Å²) >= 11 is 0. The van der Waals surface area contributed by atoms with Crippen molar-refractivity contribution in [1.82, 2.24) is 10.6 Å². The maximum Gasteiger partial charge on any atom is 0.224 e. The Morgan fingerprint density at radius 2 is 2.18 bits per heavy atom. The molecule has 0 aliphatic rings. The van der Waals surface area contributed by atoms with Crippen molar-refractivity contribution in [2.45, 2.75) is 27.3 Å². The lowest BCUT2D eigenvalue weighted by Gasteiger charge is -2.12. The monoisotopic (exact) mass is 234 g/mol. The standard InChI is InChI=1S/C14H22N2O/c1-4-15-9-12(3)14(17)16-10-13-7-5-6-11(2)8-13/h5-8,12,15H,4,9-10H2,1-3H3,(H,16,17). The van der Waals surface area contributed by atoms with Crippen molar-refractivity contribution in [3.05, 3.63) is 35.4 Å². The Kier molecular flexibility index (Phi) is 5.70. The molecule has 17 heavy (non-hydrogen) atoms. The summed E-state index contributed by atoms with van der Waals surface area (Å²) in [4.78, 5) is 11.8. The molecule has 1 aromatic carbocycles. The summed E-state index contributed by atoms with van der Waals surface area (Å²) in [6, 6.07) is 8.19. The second kappa shape index (κ2) is 7.07. The largest absolute Gasteiger partial charge is 0.352 e. The topological polar surface area (TPSA) is 41.1 Å². The van der Waals surface area contributed by atoms with Crippen molar-refractivity contribution < 1.29 is 4.79 Å². The van der Waals surface area contributed by atoms with Crippen LogP contribution in [0, 0.1) is 12.8 Å². The molecular weight excluding hydrogens is 212 g/mol. The molecule has 0 saturated carbocycles. The van der Waals surface area contributed by atoms with Gasteiger partial charge in [0.25, 0.3) is 0 Å². The van der Waals surface area contributed by atoms with Crippen molar-refractivity contribution in [2.24, 2.45) is 5.92 Å².